The van der Waals surface area contributed by atoms with Crippen LogP contribution in [0.3, 0.4) is 0 Å². The standard InChI is InChI=1S/C17H14ClNO5S/c18-15-6-5-14(25-15)12(20)9-24-17(22)7-8-19-11-3-1-2-4-13(11)23-10-16(19)21/h1-6H,7-10H2. The first-order chi connectivity index (χ1) is 12.0. The van der Waals surface area contributed by atoms with E-state index in [1.807, 2.05) is 6.07 Å². The molecular formula is C17H14ClNO5S. The van der Waals surface area contributed by atoms with Gasteiger partial charge in [0.2, 0.25) is 5.78 Å². The van der Waals surface area contributed by atoms with Crippen molar-refractivity contribution in [3.8, 4) is 5.75 Å². The molecule has 1 aromatic heterocycles. The number of ketones is 1. The van der Waals surface area contributed by atoms with Crippen molar-refractivity contribution in [2.24, 2.45) is 0 Å². The first-order valence-corrected chi connectivity index (χ1v) is 8.70. The number of hydrogen-bond donors (Lipinski definition) is 0. The normalized spacial score (nSPS) is 13.2. The Bertz CT molecular complexity index is 819. The van der Waals surface area contributed by atoms with Gasteiger partial charge < -0.3 is 14.4 Å². The number of hydrogen-bond acceptors (Lipinski definition) is 6. The lowest BCUT2D eigenvalue weighted by Crippen LogP contribution is -2.40. The number of thiophene rings is 1. The third-order valence-electron chi connectivity index (χ3n) is 3.56. The number of ether oxygens (including phenoxy) is 2. The van der Waals surface area contributed by atoms with Gasteiger partial charge in [0, 0.05) is 6.54 Å². The van der Waals surface area contributed by atoms with Crippen LogP contribution in [0.2, 0.25) is 4.34 Å². The topological polar surface area (TPSA) is 72.9 Å². The number of esters is 1. The van der Waals surface area contributed by atoms with Gasteiger partial charge in [-0.15, -0.1) is 11.3 Å². The smallest absolute Gasteiger partial charge is 0.308 e. The van der Waals surface area contributed by atoms with Crippen LogP contribution in [-0.2, 0) is 14.3 Å². The molecule has 1 aliphatic rings. The number of benzene rings is 1. The van der Waals surface area contributed by atoms with Crippen molar-refractivity contribution in [2.45, 2.75) is 6.42 Å². The number of amides is 1. The van der Waals surface area contributed by atoms with E-state index < -0.39 is 5.97 Å². The van der Waals surface area contributed by atoms with Crippen LogP contribution in [0.15, 0.2) is 36.4 Å². The van der Waals surface area contributed by atoms with E-state index in [2.05, 4.69) is 0 Å². The molecule has 0 atom stereocenters. The van der Waals surface area contributed by atoms with Crippen molar-refractivity contribution < 1.29 is 23.9 Å². The number of halogens is 1. The Balaban J connectivity index is 1.52. The van der Waals surface area contributed by atoms with Crippen LogP contribution >= 0.6 is 22.9 Å². The maximum Gasteiger partial charge on any atom is 0.308 e. The Kier molecular flexibility index (Phi) is 5.35. The summed E-state index contributed by atoms with van der Waals surface area (Å²) in [5.41, 5.74) is 0.621. The van der Waals surface area contributed by atoms with Gasteiger partial charge in [0.1, 0.15) is 5.75 Å². The van der Waals surface area contributed by atoms with Crippen molar-refractivity contribution in [1.82, 2.24) is 0 Å². The van der Waals surface area contributed by atoms with Crippen LogP contribution in [0.1, 0.15) is 16.1 Å². The molecule has 0 saturated carbocycles. The van der Waals surface area contributed by atoms with Gasteiger partial charge in [0.15, 0.2) is 13.2 Å². The number of anilines is 1. The molecule has 25 heavy (non-hydrogen) atoms. The molecule has 2 aromatic rings. The van der Waals surface area contributed by atoms with Gasteiger partial charge >= 0.3 is 5.97 Å². The summed E-state index contributed by atoms with van der Waals surface area (Å²) < 4.78 is 10.8. The number of Topliss-reactive ketones (excluding diaryl/α,β-unsaturated/α-hetero) is 1. The summed E-state index contributed by atoms with van der Waals surface area (Å²) >= 11 is 6.90. The second-order valence-electron chi connectivity index (χ2n) is 5.24. The Morgan fingerprint density at radius 1 is 1.24 bits per heavy atom. The van der Waals surface area contributed by atoms with Gasteiger partial charge in [-0.1, -0.05) is 23.7 Å². The van der Waals surface area contributed by atoms with Crippen LogP contribution in [0, 0.1) is 0 Å². The van der Waals surface area contributed by atoms with Crippen molar-refractivity contribution in [2.75, 3.05) is 24.7 Å². The second-order valence-corrected chi connectivity index (χ2v) is 6.95. The molecule has 0 saturated heterocycles. The highest BCUT2D eigenvalue weighted by Gasteiger charge is 2.25. The summed E-state index contributed by atoms with van der Waals surface area (Å²) in [4.78, 5) is 37.7. The molecule has 0 aliphatic carbocycles. The van der Waals surface area contributed by atoms with Gasteiger partial charge in [-0.25, -0.2) is 0 Å². The monoisotopic (exact) mass is 379 g/mol. The predicted molar refractivity (Wildman–Crippen MR) is 93.5 cm³/mol. The van der Waals surface area contributed by atoms with Crippen molar-refractivity contribution >= 4 is 46.3 Å². The van der Waals surface area contributed by atoms with E-state index in [1.165, 1.54) is 4.90 Å². The summed E-state index contributed by atoms with van der Waals surface area (Å²) in [7, 11) is 0. The average Bonchev–Trinajstić information content (AvgIpc) is 3.05. The third kappa shape index (κ3) is 4.18. The minimum Gasteiger partial charge on any atom is -0.482 e. The van der Waals surface area contributed by atoms with E-state index in [1.54, 1.807) is 30.3 Å². The van der Waals surface area contributed by atoms with Crippen molar-refractivity contribution in [1.29, 1.82) is 0 Å². The largest absolute Gasteiger partial charge is 0.482 e. The van der Waals surface area contributed by atoms with E-state index in [4.69, 9.17) is 21.1 Å². The molecule has 3 rings (SSSR count). The first-order valence-electron chi connectivity index (χ1n) is 7.51. The molecule has 1 amide bonds. The van der Waals surface area contributed by atoms with Crippen LogP contribution in [0.25, 0.3) is 0 Å². The van der Waals surface area contributed by atoms with Crippen LogP contribution in [0.4, 0.5) is 5.69 Å². The minimum atomic E-state index is -0.548. The zero-order valence-electron chi connectivity index (χ0n) is 13.1. The van der Waals surface area contributed by atoms with E-state index >= 15 is 0 Å². The lowest BCUT2D eigenvalue weighted by atomic mass is 10.2. The van der Waals surface area contributed by atoms with E-state index in [0.717, 1.165) is 11.3 Å². The summed E-state index contributed by atoms with van der Waals surface area (Å²) in [6.07, 6.45) is -0.0153. The summed E-state index contributed by atoms with van der Waals surface area (Å²) in [5, 5.41) is 0. The SMILES string of the molecule is O=C(CCN1C(=O)COc2ccccc21)OCC(=O)c1ccc(Cl)s1. The molecule has 0 radical (unpaired) electrons. The van der Waals surface area contributed by atoms with Crippen LogP contribution in [-0.4, -0.2) is 37.4 Å². The summed E-state index contributed by atoms with van der Waals surface area (Å²) in [6, 6.07) is 10.3. The molecule has 6 nitrogen and oxygen atoms in total. The fourth-order valence-corrected chi connectivity index (χ4v) is 3.32. The lowest BCUT2D eigenvalue weighted by Gasteiger charge is -2.28. The molecule has 0 fully saturated rings. The fraction of sp³-hybridized carbons (Fsp3) is 0.235. The Morgan fingerprint density at radius 2 is 2.04 bits per heavy atom. The average molecular weight is 380 g/mol. The van der Waals surface area contributed by atoms with E-state index in [-0.39, 0.29) is 37.9 Å². The van der Waals surface area contributed by atoms with Gasteiger partial charge in [-0.3, -0.25) is 14.4 Å². The number of carbonyl (C=O) groups excluding carboxylic acids is 3. The molecule has 1 aromatic carbocycles. The summed E-state index contributed by atoms with van der Waals surface area (Å²) in [5.74, 6) is -0.484. The van der Waals surface area contributed by atoms with Crippen molar-refractivity contribution in [3.63, 3.8) is 0 Å². The highest BCUT2D eigenvalue weighted by Crippen LogP contribution is 2.31. The Hall–Kier alpha value is -2.38. The van der Waals surface area contributed by atoms with E-state index in [9.17, 15) is 14.4 Å². The number of nitrogens with zero attached hydrogens (tertiary/aromatic N) is 1. The molecule has 0 unspecified atom stereocenters. The number of carbonyl (C=O) groups is 3. The highest BCUT2D eigenvalue weighted by atomic mass is 35.5. The third-order valence-corrected chi connectivity index (χ3v) is 4.83. The maximum atomic E-state index is 12.0. The molecule has 0 N–H and O–H groups in total. The molecule has 2 heterocycles. The van der Waals surface area contributed by atoms with Crippen LogP contribution < -0.4 is 9.64 Å². The molecule has 0 bridgehead atoms. The van der Waals surface area contributed by atoms with Gasteiger partial charge in [0.25, 0.3) is 5.91 Å². The zero-order chi connectivity index (χ0) is 17.8. The predicted octanol–water partition coefficient (Wildman–Crippen LogP) is 2.94. The maximum absolute atomic E-state index is 12.0. The highest BCUT2D eigenvalue weighted by molar-refractivity contribution is 7.18. The second kappa shape index (κ2) is 7.67. The molecule has 1 aliphatic heterocycles. The lowest BCUT2D eigenvalue weighted by molar-refractivity contribution is -0.142. The van der Waals surface area contributed by atoms with Gasteiger partial charge in [-0.05, 0) is 24.3 Å². The number of rotatable bonds is 6. The number of fused-ring (bicyclic) bond motifs is 1. The van der Waals surface area contributed by atoms with Gasteiger partial charge in [0.05, 0.1) is 21.3 Å². The van der Waals surface area contributed by atoms with Crippen molar-refractivity contribution in [3.05, 3.63) is 45.6 Å². The Morgan fingerprint density at radius 3 is 2.80 bits per heavy atom. The first kappa shape index (κ1) is 17.4. The number of para-hydroxylation sites is 2. The molecule has 130 valence electrons. The quantitative estimate of drug-likeness (QED) is 0.570. The van der Waals surface area contributed by atoms with Crippen LogP contribution in [0.5, 0.6) is 5.75 Å². The zero-order valence-corrected chi connectivity index (χ0v) is 14.6. The fourth-order valence-electron chi connectivity index (χ4n) is 2.36. The summed E-state index contributed by atoms with van der Waals surface area (Å²) in [6.45, 7) is -0.246. The minimum absolute atomic E-state index is 0.0153. The molecule has 8 heteroatoms. The molecular weight excluding hydrogens is 366 g/mol. The molecule has 0 spiro atoms. The Labute approximate surface area is 152 Å². The van der Waals surface area contributed by atoms with E-state index in [0.29, 0.717) is 20.7 Å². The van der Waals surface area contributed by atoms with Gasteiger partial charge in [-0.2, -0.15) is 0 Å².